The second-order valence-electron chi connectivity index (χ2n) is 18.4. The number of carbonyl (C=O) groups is 4. The molecule has 0 heterocycles. The molecule has 0 radical (unpaired) electrons. The molecule has 0 rings (SSSR count). The fraction of sp³-hybridized carbons (Fsp3) is 0.920. The number of aliphatic hydroxyl groups is 1. The largest absolute Gasteiger partial charge is 0.472 e. The Morgan fingerprint density at radius 3 is 1.03 bits per heavy atom. The van der Waals surface area contributed by atoms with Crippen molar-refractivity contribution in [1.29, 1.82) is 0 Å². The third-order valence-electron chi connectivity index (χ3n) is 11.6. The van der Waals surface area contributed by atoms with Crippen molar-refractivity contribution in [3.05, 3.63) is 0 Å². The molecule has 0 aromatic carbocycles. The zero-order valence-corrected chi connectivity index (χ0v) is 45.2. The highest BCUT2D eigenvalue weighted by atomic mass is 31.2. The Morgan fingerprint density at radius 1 is 0.406 bits per heavy atom. The number of esters is 4. The number of unbranched alkanes of at least 4 members (excludes halogenated alkanes) is 21. The summed E-state index contributed by atoms with van der Waals surface area (Å²) < 4.78 is 66.9. The predicted molar refractivity (Wildman–Crippen MR) is 266 cm³/mol. The molecular formula is C50H96O17P2. The lowest BCUT2D eigenvalue weighted by molar-refractivity contribution is -0.161. The van der Waals surface area contributed by atoms with Crippen molar-refractivity contribution in [1.82, 2.24) is 0 Å². The molecule has 17 nitrogen and oxygen atoms in total. The van der Waals surface area contributed by atoms with Gasteiger partial charge in [0.2, 0.25) is 0 Å². The molecule has 3 N–H and O–H groups in total. The van der Waals surface area contributed by atoms with Gasteiger partial charge in [0.15, 0.2) is 12.2 Å². The second kappa shape index (κ2) is 44.7. The van der Waals surface area contributed by atoms with Gasteiger partial charge in [0.25, 0.3) is 0 Å². The van der Waals surface area contributed by atoms with E-state index in [-0.39, 0.29) is 25.7 Å². The molecule has 69 heavy (non-hydrogen) atoms. The van der Waals surface area contributed by atoms with E-state index in [0.29, 0.717) is 25.7 Å². The summed E-state index contributed by atoms with van der Waals surface area (Å²) in [5.74, 6) is -1.41. The van der Waals surface area contributed by atoms with Crippen molar-refractivity contribution in [2.75, 3.05) is 39.6 Å². The molecule has 0 saturated carbocycles. The second-order valence-corrected chi connectivity index (χ2v) is 21.4. The molecule has 6 atom stereocenters. The van der Waals surface area contributed by atoms with Crippen LogP contribution >= 0.6 is 15.6 Å². The maximum Gasteiger partial charge on any atom is 0.472 e. The summed E-state index contributed by atoms with van der Waals surface area (Å²) in [5, 5.41) is 10.4. The Balaban J connectivity index is 5.14. The number of ether oxygens (including phenoxy) is 4. The number of hydrogen-bond acceptors (Lipinski definition) is 15. The summed E-state index contributed by atoms with van der Waals surface area (Å²) in [4.78, 5) is 70.9. The minimum atomic E-state index is -4.92. The van der Waals surface area contributed by atoms with Gasteiger partial charge in [0.1, 0.15) is 19.3 Å². The summed E-state index contributed by atoms with van der Waals surface area (Å²) in [6.07, 6.45) is 23.3. The van der Waals surface area contributed by atoms with E-state index in [9.17, 15) is 43.2 Å². The molecule has 0 amide bonds. The fourth-order valence-electron chi connectivity index (χ4n) is 7.07. The molecular weight excluding hydrogens is 934 g/mol. The van der Waals surface area contributed by atoms with Crippen LogP contribution in [0, 0.1) is 5.92 Å². The molecule has 3 unspecified atom stereocenters. The van der Waals surface area contributed by atoms with E-state index in [1.165, 1.54) is 38.5 Å². The number of rotatable bonds is 50. The SMILES string of the molecule is CCCCCCCCCC(=O)OC[C@H](COP(=O)(O)OC[C@@H](O)COP(=O)(O)OC[C@@H](COC(=O)CCCCCCC)OC(=O)CCCCCCC)OC(=O)CCCCCCCCCCC(C)CC. The third kappa shape index (κ3) is 44.5. The average molecular weight is 1030 g/mol. The highest BCUT2D eigenvalue weighted by Crippen LogP contribution is 2.45. The standard InChI is InChI=1S/C50H96O17P2/c1-6-10-13-16-19-25-29-34-48(53)61-40-46(67-50(55)36-31-26-21-18-17-20-24-27-32-43(5)9-4)42-65-69(58,59)63-38-44(51)37-62-68(56,57)64-41-45(66-49(54)35-30-23-15-12-8-3)39-60-47(52)33-28-22-14-11-7-2/h43-46,51H,6-42H2,1-5H3,(H,56,57)(H,58,59)/t43?,44-,45+,46+/m0/s1. The molecule has 19 heteroatoms. The molecule has 0 aliphatic rings. The van der Waals surface area contributed by atoms with Gasteiger partial charge in [-0.1, -0.05) is 182 Å². The lowest BCUT2D eigenvalue weighted by Gasteiger charge is -2.21. The van der Waals surface area contributed by atoms with Gasteiger partial charge < -0.3 is 33.8 Å². The Hall–Kier alpha value is -1.94. The van der Waals surface area contributed by atoms with Crippen molar-refractivity contribution in [3.8, 4) is 0 Å². The predicted octanol–water partition coefficient (Wildman–Crippen LogP) is 12.3. The summed E-state index contributed by atoms with van der Waals surface area (Å²) in [5.41, 5.74) is 0. The molecule has 0 aromatic rings. The first-order chi connectivity index (χ1) is 33.1. The van der Waals surface area contributed by atoms with Gasteiger partial charge in [-0.2, -0.15) is 0 Å². The molecule has 0 aliphatic carbocycles. The number of carbonyl (C=O) groups excluding carboxylic acids is 4. The summed E-state index contributed by atoms with van der Waals surface area (Å²) in [7, 11) is -9.83. The zero-order valence-electron chi connectivity index (χ0n) is 43.4. The van der Waals surface area contributed by atoms with E-state index >= 15 is 0 Å². The van der Waals surface area contributed by atoms with Crippen LogP contribution in [0.2, 0.25) is 0 Å². The van der Waals surface area contributed by atoms with Crippen LogP contribution in [0.25, 0.3) is 0 Å². The summed E-state index contributed by atoms with van der Waals surface area (Å²) in [6, 6.07) is 0. The first kappa shape index (κ1) is 67.1. The van der Waals surface area contributed by atoms with Crippen LogP contribution in [0.1, 0.15) is 234 Å². The van der Waals surface area contributed by atoms with Gasteiger partial charge in [-0.25, -0.2) is 9.13 Å². The maximum absolute atomic E-state index is 12.8. The van der Waals surface area contributed by atoms with Gasteiger partial charge >= 0.3 is 39.5 Å². The van der Waals surface area contributed by atoms with E-state index in [4.69, 9.17) is 37.0 Å². The van der Waals surface area contributed by atoms with Crippen LogP contribution in [0.15, 0.2) is 0 Å². The van der Waals surface area contributed by atoms with Crippen molar-refractivity contribution in [2.45, 2.75) is 252 Å². The zero-order chi connectivity index (χ0) is 51.4. The fourth-order valence-corrected chi connectivity index (χ4v) is 8.65. The Bertz CT molecular complexity index is 1380. The first-order valence-corrected chi connectivity index (χ1v) is 29.7. The van der Waals surface area contributed by atoms with Crippen LogP contribution in [0.3, 0.4) is 0 Å². The number of phosphoric acid groups is 2. The minimum Gasteiger partial charge on any atom is -0.462 e. The Labute approximate surface area is 416 Å². The van der Waals surface area contributed by atoms with Crippen LogP contribution in [-0.2, 0) is 65.4 Å². The van der Waals surface area contributed by atoms with E-state index in [2.05, 4.69) is 34.6 Å². The highest BCUT2D eigenvalue weighted by molar-refractivity contribution is 7.47. The number of phosphoric ester groups is 2. The topological polar surface area (TPSA) is 237 Å². The molecule has 0 saturated heterocycles. The molecule has 0 fully saturated rings. The summed E-state index contributed by atoms with van der Waals surface area (Å²) >= 11 is 0. The summed E-state index contributed by atoms with van der Waals surface area (Å²) in [6.45, 7) is 6.85. The van der Waals surface area contributed by atoms with E-state index in [0.717, 1.165) is 115 Å². The van der Waals surface area contributed by atoms with Gasteiger partial charge in [-0.05, 0) is 31.6 Å². The molecule has 0 aliphatic heterocycles. The van der Waals surface area contributed by atoms with Crippen LogP contribution in [0.5, 0.6) is 0 Å². The van der Waals surface area contributed by atoms with Gasteiger partial charge in [0.05, 0.1) is 26.4 Å². The third-order valence-corrected chi connectivity index (χ3v) is 13.5. The van der Waals surface area contributed by atoms with Gasteiger partial charge in [0, 0.05) is 25.7 Å². The van der Waals surface area contributed by atoms with Gasteiger partial charge in [-0.15, -0.1) is 0 Å². The quantitative estimate of drug-likeness (QED) is 0.0222. The van der Waals surface area contributed by atoms with Gasteiger partial charge in [-0.3, -0.25) is 37.3 Å². The lowest BCUT2D eigenvalue weighted by atomic mass is 9.99. The normalized spacial score (nSPS) is 15.1. The van der Waals surface area contributed by atoms with Crippen molar-refractivity contribution >= 4 is 39.5 Å². The van der Waals surface area contributed by atoms with Crippen LogP contribution in [-0.4, -0.2) is 96.7 Å². The smallest absolute Gasteiger partial charge is 0.462 e. The lowest BCUT2D eigenvalue weighted by Crippen LogP contribution is -2.30. The number of hydrogen-bond donors (Lipinski definition) is 3. The Kier molecular flexibility index (Phi) is 43.5. The molecule has 0 bridgehead atoms. The van der Waals surface area contributed by atoms with Crippen molar-refractivity contribution in [3.63, 3.8) is 0 Å². The van der Waals surface area contributed by atoms with Crippen molar-refractivity contribution in [2.24, 2.45) is 5.92 Å². The maximum atomic E-state index is 12.8. The first-order valence-electron chi connectivity index (χ1n) is 26.7. The van der Waals surface area contributed by atoms with E-state index in [1.54, 1.807) is 0 Å². The van der Waals surface area contributed by atoms with Crippen molar-refractivity contribution < 1.29 is 80.2 Å². The molecule has 0 aromatic heterocycles. The minimum absolute atomic E-state index is 0.0984. The van der Waals surface area contributed by atoms with E-state index in [1.807, 2.05) is 0 Å². The van der Waals surface area contributed by atoms with E-state index < -0.39 is 97.5 Å². The highest BCUT2D eigenvalue weighted by Gasteiger charge is 2.30. The average Bonchev–Trinajstić information content (AvgIpc) is 3.32. The Morgan fingerprint density at radius 2 is 0.696 bits per heavy atom. The van der Waals surface area contributed by atoms with Crippen LogP contribution in [0.4, 0.5) is 0 Å². The molecule has 408 valence electrons. The number of aliphatic hydroxyl groups excluding tert-OH is 1. The molecule has 0 spiro atoms. The monoisotopic (exact) mass is 1030 g/mol. The van der Waals surface area contributed by atoms with Crippen LogP contribution < -0.4 is 0 Å².